The Morgan fingerprint density at radius 3 is 2.44 bits per heavy atom. The number of rotatable bonds is 5. The van der Waals surface area contributed by atoms with Crippen molar-refractivity contribution in [1.82, 2.24) is 4.90 Å². The molecule has 2 aromatic carbocycles. The van der Waals surface area contributed by atoms with Crippen LogP contribution in [0.3, 0.4) is 0 Å². The highest BCUT2D eigenvalue weighted by Gasteiger charge is 2.35. The van der Waals surface area contributed by atoms with Crippen LogP contribution in [0.25, 0.3) is 0 Å². The first-order valence-corrected chi connectivity index (χ1v) is 9.34. The molecule has 5 heteroatoms. The number of thioether (sulfide) groups is 1. The molecule has 0 aromatic heterocycles. The van der Waals surface area contributed by atoms with Gasteiger partial charge in [0.25, 0.3) is 5.91 Å². The van der Waals surface area contributed by atoms with Crippen LogP contribution in [-0.4, -0.2) is 30.4 Å². The van der Waals surface area contributed by atoms with Gasteiger partial charge in [-0.3, -0.25) is 4.79 Å². The van der Waals surface area contributed by atoms with Gasteiger partial charge in [0.05, 0.1) is 0 Å². The molecule has 0 saturated carbocycles. The standard InChI is InChI=1S/C20H24N2OS.ClH/c1-20(14-21)11-12-22(15-20)19(23)17-9-7-16(8-10-17)13-24-18-5-3-2-4-6-18;/h2-10H,11-15,21H2,1H3;1H. The third kappa shape index (κ3) is 5.00. The maximum absolute atomic E-state index is 12.6. The number of halogens is 1. The lowest BCUT2D eigenvalue weighted by Gasteiger charge is -2.22. The molecule has 2 aromatic rings. The Kier molecular flexibility index (Phi) is 6.94. The van der Waals surface area contributed by atoms with Crippen LogP contribution in [0.4, 0.5) is 0 Å². The number of nitrogens with two attached hydrogens (primary N) is 1. The van der Waals surface area contributed by atoms with E-state index >= 15 is 0 Å². The molecule has 3 rings (SSSR count). The van der Waals surface area contributed by atoms with Crippen LogP contribution in [-0.2, 0) is 5.75 Å². The first-order valence-electron chi connectivity index (χ1n) is 8.36. The summed E-state index contributed by atoms with van der Waals surface area (Å²) in [7, 11) is 0. The van der Waals surface area contributed by atoms with Gasteiger partial charge in [0, 0.05) is 29.3 Å². The zero-order valence-electron chi connectivity index (χ0n) is 14.5. The van der Waals surface area contributed by atoms with E-state index in [1.807, 2.05) is 23.1 Å². The van der Waals surface area contributed by atoms with E-state index < -0.39 is 0 Å². The van der Waals surface area contributed by atoms with E-state index in [-0.39, 0.29) is 23.7 Å². The van der Waals surface area contributed by atoms with Crippen molar-refractivity contribution in [3.63, 3.8) is 0 Å². The molecular weight excluding hydrogens is 352 g/mol. The van der Waals surface area contributed by atoms with Crippen molar-refractivity contribution in [3.05, 3.63) is 65.7 Å². The number of likely N-dealkylation sites (tertiary alicyclic amines) is 1. The topological polar surface area (TPSA) is 46.3 Å². The summed E-state index contributed by atoms with van der Waals surface area (Å²) in [6, 6.07) is 18.4. The molecule has 1 atom stereocenters. The zero-order valence-corrected chi connectivity index (χ0v) is 16.1. The summed E-state index contributed by atoms with van der Waals surface area (Å²) in [6.07, 6.45) is 0.987. The fourth-order valence-electron chi connectivity index (χ4n) is 2.97. The van der Waals surface area contributed by atoms with Gasteiger partial charge in [-0.15, -0.1) is 24.2 Å². The average Bonchev–Trinajstić information content (AvgIpc) is 3.04. The molecule has 1 aliphatic rings. The third-order valence-corrected chi connectivity index (χ3v) is 5.77. The minimum Gasteiger partial charge on any atom is -0.338 e. The van der Waals surface area contributed by atoms with Crippen LogP contribution in [0.5, 0.6) is 0 Å². The number of hydrogen-bond donors (Lipinski definition) is 1. The summed E-state index contributed by atoms with van der Waals surface area (Å²) in [5.41, 5.74) is 7.90. The Bertz CT molecular complexity index is 693. The number of hydrogen-bond acceptors (Lipinski definition) is 3. The number of carbonyl (C=O) groups excluding carboxylic acids is 1. The van der Waals surface area contributed by atoms with Crippen molar-refractivity contribution >= 4 is 30.1 Å². The van der Waals surface area contributed by atoms with Gasteiger partial charge in [-0.2, -0.15) is 0 Å². The van der Waals surface area contributed by atoms with Gasteiger partial charge in [-0.1, -0.05) is 37.3 Å². The highest BCUT2D eigenvalue weighted by molar-refractivity contribution is 7.98. The van der Waals surface area contributed by atoms with Gasteiger partial charge in [0.15, 0.2) is 0 Å². The molecule has 2 N–H and O–H groups in total. The minimum atomic E-state index is 0. The highest BCUT2D eigenvalue weighted by Crippen LogP contribution is 2.29. The van der Waals surface area contributed by atoms with Crippen molar-refractivity contribution in [3.8, 4) is 0 Å². The zero-order chi connectivity index (χ0) is 17.0. The number of benzene rings is 2. The van der Waals surface area contributed by atoms with E-state index in [2.05, 4.69) is 43.3 Å². The molecule has 3 nitrogen and oxygen atoms in total. The first kappa shape index (κ1) is 19.8. The lowest BCUT2D eigenvalue weighted by molar-refractivity contribution is 0.0777. The van der Waals surface area contributed by atoms with Crippen LogP contribution in [0.2, 0.25) is 0 Å². The summed E-state index contributed by atoms with van der Waals surface area (Å²) in [6.45, 7) is 4.35. The Morgan fingerprint density at radius 1 is 1.16 bits per heavy atom. The Balaban J connectivity index is 0.00000225. The number of carbonyl (C=O) groups is 1. The normalized spacial score (nSPS) is 19.5. The molecule has 0 radical (unpaired) electrons. The Morgan fingerprint density at radius 2 is 1.84 bits per heavy atom. The van der Waals surface area contributed by atoms with Crippen molar-refractivity contribution < 1.29 is 4.79 Å². The molecule has 0 aliphatic carbocycles. The predicted octanol–water partition coefficient (Wildman–Crippen LogP) is 4.21. The largest absolute Gasteiger partial charge is 0.338 e. The monoisotopic (exact) mass is 376 g/mol. The highest BCUT2D eigenvalue weighted by atomic mass is 35.5. The molecule has 134 valence electrons. The summed E-state index contributed by atoms with van der Waals surface area (Å²) in [4.78, 5) is 15.8. The SMILES string of the molecule is CC1(CN)CCN(C(=O)c2ccc(CSc3ccccc3)cc2)C1.Cl. The maximum Gasteiger partial charge on any atom is 0.253 e. The molecule has 1 fully saturated rings. The van der Waals surface area contributed by atoms with E-state index in [0.29, 0.717) is 6.54 Å². The van der Waals surface area contributed by atoms with Crippen LogP contribution in [0, 0.1) is 5.41 Å². The third-order valence-electron chi connectivity index (χ3n) is 4.69. The fraction of sp³-hybridized carbons (Fsp3) is 0.350. The molecule has 1 aliphatic heterocycles. The summed E-state index contributed by atoms with van der Waals surface area (Å²) in [5.74, 6) is 1.03. The molecule has 1 unspecified atom stereocenters. The van der Waals surface area contributed by atoms with Gasteiger partial charge in [-0.05, 0) is 48.2 Å². The Hall–Kier alpha value is -1.49. The number of amides is 1. The Labute approximate surface area is 160 Å². The van der Waals surface area contributed by atoms with Gasteiger partial charge < -0.3 is 10.6 Å². The van der Waals surface area contributed by atoms with E-state index in [1.54, 1.807) is 11.8 Å². The van der Waals surface area contributed by atoms with E-state index in [4.69, 9.17) is 5.73 Å². The second-order valence-corrected chi connectivity index (χ2v) is 7.84. The van der Waals surface area contributed by atoms with E-state index in [9.17, 15) is 4.79 Å². The molecule has 1 heterocycles. The molecular formula is C20H25ClN2OS. The van der Waals surface area contributed by atoms with Crippen LogP contribution in [0.1, 0.15) is 29.3 Å². The molecule has 1 saturated heterocycles. The fourth-order valence-corrected chi connectivity index (χ4v) is 3.85. The molecule has 0 bridgehead atoms. The van der Waals surface area contributed by atoms with Crippen LogP contribution in [0.15, 0.2) is 59.5 Å². The molecule has 1 amide bonds. The van der Waals surface area contributed by atoms with Gasteiger partial charge in [0.2, 0.25) is 0 Å². The van der Waals surface area contributed by atoms with Crippen molar-refractivity contribution in [2.75, 3.05) is 19.6 Å². The lowest BCUT2D eigenvalue weighted by Crippen LogP contribution is -2.34. The second kappa shape index (κ2) is 8.75. The van der Waals surface area contributed by atoms with E-state index in [0.717, 1.165) is 30.8 Å². The van der Waals surface area contributed by atoms with Gasteiger partial charge in [0.1, 0.15) is 0 Å². The minimum absolute atomic E-state index is 0. The van der Waals surface area contributed by atoms with Crippen LogP contribution >= 0.6 is 24.2 Å². The predicted molar refractivity (Wildman–Crippen MR) is 107 cm³/mol. The maximum atomic E-state index is 12.6. The summed E-state index contributed by atoms with van der Waals surface area (Å²) in [5, 5.41) is 0. The van der Waals surface area contributed by atoms with Gasteiger partial charge >= 0.3 is 0 Å². The van der Waals surface area contributed by atoms with Crippen molar-refractivity contribution in [1.29, 1.82) is 0 Å². The second-order valence-electron chi connectivity index (χ2n) is 6.79. The van der Waals surface area contributed by atoms with Crippen molar-refractivity contribution in [2.45, 2.75) is 24.0 Å². The number of nitrogens with zero attached hydrogens (tertiary/aromatic N) is 1. The molecule has 25 heavy (non-hydrogen) atoms. The van der Waals surface area contributed by atoms with E-state index in [1.165, 1.54) is 10.5 Å². The van der Waals surface area contributed by atoms with Crippen molar-refractivity contribution in [2.24, 2.45) is 11.1 Å². The summed E-state index contributed by atoms with van der Waals surface area (Å²) < 4.78 is 0. The molecule has 0 spiro atoms. The van der Waals surface area contributed by atoms with Gasteiger partial charge in [-0.25, -0.2) is 0 Å². The summed E-state index contributed by atoms with van der Waals surface area (Å²) >= 11 is 1.81. The quantitative estimate of drug-likeness (QED) is 0.795. The van der Waals surface area contributed by atoms with Crippen LogP contribution < -0.4 is 5.73 Å². The lowest BCUT2D eigenvalue weighted by atomic mass is 9.90. The average molecular weight is 377 g/mol. The first-order chi connectivity index (χ1) is 11.6. The smallest absolute Gasteiger partial charge is 0.253 e.